The first kappa shape index (κ1) is 32.2. The topological polar surface area (TPSA) is 9.72 Å². The third kappa shape index (κ3) is 5.15. The van der Waals surface area contributed by atoms with Crippen molar-refractivity contribution >= 4 is 85.1 Å². The molecule has 2 heterocycles. The smallest absolute Gasteiger partial charge is 0.252 e. The summed E-state index contributed by atoms with van der Waals surface area (Å²) in [4.78, 5) is 7.42. The molecule has 3 nitrogen and oxygen atoms in total. The number of hydrogen-bond donors (Lipinski definition) is 0. The van der Waals surface area contributed by atoms with Crippen molar-refractivity contribution in [1.82, 2.24) is 0 Å². The van der Waals surface area contributed by atoms with Crippen molar-refractivity contribution in [2.45, 2.75) is 0 Å². The fraction of sp³-hybridized carbons (Fsp3) is 0. The molecule has 0 atom stereocenters. The molecule has 0 saturated heterocycles. The van der Waals surface area contributed by atoms with Crippen LogP contribution in [0.1, 0.15) is 0 Å². The van der Waals surface area contributed by atoms with Crippen molar-refractivity contribution in [1.29, 1.82) is 0 Å². The Labute approximate surface area is 328 Å². The van der Waals surface area contributed by atoms with Crippen LogP contribution >= 0.6 is 0 Å². The zero-order chi connectivity index (χ0) is 37.0. The minimum Gasteiger partial charge on any atom is -0.311 e. The van der Waals surface area contributed by atoms with E-state index < -0.39 is 0 Å². The standard InChI is InChI=1S/C52H36BN3/c1-4-19-38(20-5-1)44-26-12-15-29-47(44)54(42-33-32-37-18-10-11-21-39(37)34-42)43-35-50-52-51(36-43)56(41-24-8-3-9-25-41)49-31-17-14-28-46(49)53(52)45-27-13-16-30-48(45)55(50)40-22-6-2-7-23-40/h1-36H. The fourth-order valence-corrected chi connectivity index (χ4v) is 9.00. The molecule has 4 heteroatoms. The molecule has 56 heavy (non-hydrogen) atoms. The molecule has 0 unspecified atom stereocenters. The van der Waals surface area contributed by atoms with Gasteiger partial charge in [-0.1, -0.05) is 152 Å². The van der Waals surface area contributed by atoms with Crippen molar-refractivity contribution in [3.63, 3.8) is 0 Å². The first-order chi connectivity index (χ1) is 27.8. The Balaban J connectivity index is 1.26. The number of nitrogens with zero attached hydrogens (tertiary/aromatic N) is 3. The van der Waals surface area contributed by atoms with E-state index in [1.165, 1.54) is 61.0 Å². The van der Waals surface area contributed by atoms with E-state index in [0.717, 1.165) is 28.4 Å². The maximum absolute atomic E-state index is 2.48. The second kappa shape index (κ2) is 13.2. The third-order valence-corrected chi connectivity index (χ3v) is 11.4. The molecule has 0 bridgehead atoms. The average Bonchev–Trinajstić information content (AvgIpc) is 3.27. The molecule has 0 N–H and O–H groups in total. The maximum Gasteiger partial charge on any atom is 0.252 e. The molecule has 262 valence electrons. The second-order valence-corrected chi connectivity index (χ2v) is 14.5. The quantitative estimate of drug-likeness (QED) is 0.159. The molecule has 0 fully saturated rings. The van der Waals surface area contributed by atoms with Crippen molar-refractivity contribution < 1.29 is 0 Å². The van der Waals surface area contributed by atoms with Gasteiger partial charge in [-0.3, -0.25) is 0 Å². The van der Waals surface area contributed by atoms with Crippen LogP contribution in [-0.2, 0) is 0 Å². The SMILES string of the molecule is c1ccc(-c2ccccc2N(c2cc3c4c(c2)N(c2ccccc2)c2ccccc2B4c2ccccc2N3c2ccccc2)c2ccc3ccccc3c2)cc1. The van der Waals surface area contributed by atoms with Crippen molar-refractivity contribution in [2.75, 3.05) is 14.7 Å². The summed E-state index contributed by atoms with van der Waals surface area (Å²) >= 11 is 0. The third-order valence-electron chi connectivity index (χ3n) is 11.4. The number of benzene rings is 9. The maximum atomic E-state index is 2.48. The van der Waals surface area contributed by atoms with Crippen LogP contribution in [0.2, 0.25) is 0 Å². The van der Waals surface area contributed by atoms with E-state index in [1.54, 1.807) is 0 Å². The Hall–Kier alpha value is -7.30. The Kier molecular flexibility index (Phi) is 7.60. The number of hydrogen-bond acceptors (Lipinski definition) is 3. The fourth-order valence-electron chi connectivity index (χ4n) is 9.00. The zero-order valence-corrected chi connectivity index (χ0v) is 30.7. The van der Waals surface area contributed by atoms with Crippen LogP contribution < -0.4 is 31.1 Å². The number of para-hydroxylation sites is 5. The Morgan fingerprint density at radius 2 is 0.857 bits per heavy atom. The summed E-state index contributed by atoms with van der Waals surface area (Å²) in [6.45, 7) is 0.0482. The van der Waals surface area contributed by atoms with Crippen LogP contribution in [-0.4, -0.2) is 6.71 Å². The van der Waals surface area contributed by atoms with Gasteiger partial charge in [0.2, 0.25) is 0 Å². The minimum atomic E-state index is 0.0482. The number of rotatable bonds is 6. The lowest BCUT2D eigenvalue weighted by Gasteiger charge is -2.45. The van der Waals surface area contributed by atoms with Gasteiger partial charge in [-0.2, -0.15) is 0 Å². The summed E-state index contributed by atoms with van der Waals surface area (Å²) in [5, 5.41) is 2.42. The van der Waals surface area contributed by atoms with E-state index >= 15 is 0 Å². The largest absolute Gasteiger partial charge is 0.311 e. The molecule has 2 aliphatic heterocycles. The van der Waals surface area contributed by atoms with E-state index in [-0.39, 0.29) is 6.71 Å². The molecule has 0 spiro atoms. The molecule has 9 aromatic rings. The molecule has 0 aromatic heterocycles. The Bertz CT molecular complexity index is 2780. The molecule has 0 saturated carbocycles. The number of fused-ring (bicyclic) bond motifs is 5. The van der Waals surface area contributed by atoms with Crippen LogP contribution in [0.5, 0.6) is 0 Å². The van der Waals surface area contributed by atoms with Gasteiger partial charge in [-0.15, -0.1) is 0 Å². The van der Waals surface area contributed by atoms with Gasteiger partial charge in [0.25, 0.3) is 6.71 Å². The molecular formula is C52H36BN3. The highest BCUT2D eigenvalue weighted by Gasteiger charge is 2.43. The monoisotopic (exact) mass is 713 g/mol. The lowest BCUT2D eigenvalue weighted by atomic mass is 9.33. The zero-order valence-electron chi connectivity index (χ0n) is 30.7. The van der Waals surface area contributed by atoms with Crippen molar-refractivity contribution in [3.05, 3.63) is 218 Å². The summed E-state index contributed by atoms with van der Waals surface area (Å²) in [7, 11) is 0. The summed E-state index contributed by atoms with van der Waals surface area (Å²) < 4.78 is 0. The molecule has 9 aromatic carbocycles. The lowest BCUT2D eigenvalue weighted by molar-refractivity contribution is 1.23. The number of anilines is 9. The summed E-state index contributed by atoms with van der Waals surface area (Å²) in [6, 6.07) is 79.6. The second-order valence-electron chi connectivity index (χ2n) is 14.5. The van der Waals surface area contributed by atoms with Crippen molar-refractivity contribution in [3.8, 4) is 11.1 Å². The van der Waals surface area contributed by atoms with Crippen LogP contribution in [0, 0.1) is 0 Å². The average molecular weight is 714 g/mol. The molecule has 0 aliphatic carbocycles. The van der Waals surface area contributed by atoms with Crippen LogP contribution in [0.15, 0.2) is 218 Å². The molecule has 0 amide bonds. The van der Waals surface area contributed by atoms with Crippen molar-refractivity contribution in [2.24, 2.45) is 0 Å². The van der Waals surface area contributed by atoms with Gasteiger partial charge in [0.1, 0.15) is 0 Å². The molecular weight excluding hydrogens is 677 g/mol. The highest BCUT2D eigenvalue weighted by Crippen LogP contribution is 2.49. The summed E-state index contributed by atoms with van der Waals surface area (Å²) in [5.74, 6) is 0. The van der Waals surface area contributed by atoms with Gasteiger partial charge in [-0.05, 0) is 99.5 Å². The highest BCUT2D eigenvalue weighted by atomic mass is 15.2. The van der Waals surface area contributed by atoms with E-state index in [1.807, 2.05) is 0 Å². The van der Waals surface area contributed by atoms with Gasteiger partial charge in [0.05, 0.1) is 11.4 Å². The molecule has 0 radical (unpaired) electrons. The molecule has 2 aliphatic rings. The van der Waals surface area contributed by atoms with E-state index in [4.69, 9.17) is 0 Å². The summed E-state index contributed by atoms with van der Waals surface area (Å²) in [5.41, 5.74) is 16.5. The Morgan fingerprint density at radius 1 is 0.357 bits per heavy atom. The first-order valence-electron chi connectivity index (χ1n) is 19.3. The molecule has 11 rings (SSSR count). The summed E-state index contributed by atoms with van der Waals surface area (Å²) in [6.07, 6.45) is 0. The predicted molar refractivity (Wildman–Crippen MR) is 238 cm³/mol. The Morgan fingerprint density at radius 3 is 1.48 bits per heavy atom. The lowest BCUT2D eigenvalue weighted by Crippen LogP contribution is -2.61. The van der Waals surface area contributed by atoms with Gasteiger partial charge in [0.15, 0.2) is 0 Å². The van der Waals surface area contributed by atoms with E-state index in [0.29, 0.717) is 0 Å². The van der Waals surface area contributed by atoms with Crippen LogP contribution in [0.4, 0.5) is 51.2 Å². The highest BCUT2D eigenvalue weighted by molar-refractivity contribution is 7.00. The van der Waals surface area contributed by atoms with Gasteiger partial charge in [-0.25, -0.2) is 0 Å². The predicted octanol–water partition coefficient (Wildman–Crippen LogP) is 12.1. The van der Waals surface area contributed by atoms with E-state index in [9.17, 15) is 0 Å². The normalized spacial score (nSPS) is 12.5. The van der Waals surface area contributed by atoms with Gasteiger partial charge < -0.3 is 14.7 Å². The van der Waals surface area contributed by atoms with Crippen LogP contribution in [0.25, 0.3) is 21.9 Å². The van der Waals surface area contributed by atoms with Gasteiger partial charge >= 0.3 is 0 Å². The first-order valence-corrected chi connectivity index (χ1v) is 19.3. The van der Waals surface area contributed by atoms with Crippen LogP contribution in [0.3, 0.4) is 0 Å². The minimum absolute atomic E-state index is 0.0482. The van der Waals surface area contributed by atoms with E-state index in [2.05, 4.69) is 233 Å². The van der Waals surface area contributed by atoms with Gasteiger partial charge in [0, 0.05) is 45.4 Å².